The zero-order valence-corrected chi connectivity index (χ0v) is 13.2. The van der Waals surface area contributed by atoms with E-state index in [0.717, 1.165) is 4.47 Å². The molecule has 1 rings (SSSR count). The topological polar surface area (TPSA) is 46.3 Å². The van der Waals surface area contributed by atoms with Crippen LogP contribution in [0.5, 0.6) is 0 Å². The molecule has 0 aliphatic heterocycles. The molecule has 0 fully saturated rings. The zero-order chi connectivity index (χ0) is 14.1. The summed E-state index contributed by atoms with van der Waals surface area (Å²) in [5.74, 6) is -0.0170. The Bertz CT molecular complexity index is 452. The second-order valence-electron chi connectivity index (χ2n) is 5.70. The van der Waals surface area contributed by atoms with Crippen LogP contribution < -0.4 is 5.73 Å². The highest BCUT2D eigenvalue weighted by molar-refractivity contribution is 9.10. The van der Waals surface area contributed by atoms with Crippen LogP contribution in [0.25, 0.3) is 0 Å². The smallest absolute Gasteiger partial charge is 0.255 e. The highest BCUT2D eigenvalue weighted by Gasteiger charge is 2.28. The van der Waals surface area contributed by atoms with Crippen molar-refractivity contribution in [1.29, 1.82) is 0 Å². The van der Waals surface area contributed by atoms with Crippen LogP contribution in [-0.2, 0) is 0 Å². The molecule has 100 valence electrons. The fourth-order valence-corrected chi connectivity index (χ4v) is 2.07. The van der Waals surface area contributed by atoms with Crippen molar-refractivity contribution in [2.45, 2.75) is 33.7 Å². The minimum Gasteiger partial charge on any atom is -0.399 e. The summed E-state index contributed by atoms with van der Waals surface area (Å²) < 4.78 is 0.773. The van der Waals surface area contributed by atoms with E-state index in [1.807, 2.05) is 7.05 Å². The molecule has 0 saturated heterocycles. The lowest BCUT2D eigenvalue weighted by atomic mass is 9.87. The van der Waals surface area contributed by atoms with E-state index in [4.69, 9.17) is 5.73 Å². The van der Waals surface area contributed by atoms with E-state index in [-0.39, 0.29) is 17.4 Å². The summed E-state index contributed by atoms with van der Waals surface area (Å²) in [6.07, 6.45) is 0. The van der Waals surface area contributed by atoms with Crippen LogP contribution in [0, 0.1) is 5.41 Å². The Morgan fingerprint density at radius 3 is 2.44 bits per heavy atom. The minimum absolute atomic E-state index is 0.0170. The summed E-state index contributed by atoms with van der Waals surface area (Å²) in [6.45, 7) is 8.42. The van der Waals surface area contributed by atoms with Gasteiger partial charge in [0.15, 0.2) is 0 Å². The van der Waals surface area contributed by atoms with Crippen LogP contribution in [0.2, 0.25) is 0 Å². The normalized spacial score (nSPS) is 13.2. The van der Waals surface area contributed by atoms with E-state index in [2.05, 4.69) is 43.6 Å². The van der Waals surface area contributed by atoms with E-state index >= 15 is 0 Å². The summed E-state index contributed by atoms with van der Waals surface area (Å²) in [5.41, 5.74) is 6.98. The summed E-state index contributed by atoms with van der Waals surface area (Å²) >= 11 is 3.40. The van der Waals surface area contributed by atoms with Gasteiger partial charge >= 0.3 is 0 Å². The van der Waals surface area contributed by atoms with Crippen LogP contribution in [0.3, 0.4) is 0 Å². The monoisotopic (exact) mass is 312 g/mol. The third-order valence-corrected chi connectivity index (χ3v) is 4.07. The SMILES string of the molecule is CC(N(C)C(=O)c1cc(N)ccc1Br)C(C)(C)C. The Morgan fingerprint density at radius 2 is 1.94 bits per heavy atom. The Balaban J connectivity index is 3.04. The van der Waals surface area contributed by atoms with Crippen molar-refractivity contribution in [2.75, 3.05) is 12.8 Å². The third-order valence-electron chi connectivity index (χ3n) is 3.38. The molecule has 0 aromatic heterocycles. The number of hydrogen-bond acceptors (Lipinski definition) is 2. The molecule has 2 N–H and O–H groups in total. The van der Waals surface area contributed by atoms with E-state index in [0.29, 0.717) is 11.3 Å². The largest absolute Gasteiger partial charge is 0.399 e. The molecule has 0 heterocycles. The lowest BCUT2D eigenvalue weighted by Gasteiger charge is -2.35. The van der Waals surface area contributed by atoms with E-state index in [1.165, 1.54) is 0 Å². The molecule has 0 saturated carbocycles. The Labute approximate surface area is 117 Å². The predicted molar refractivity (Wildman–Crippen MR) is 79.6 cm³/mol. The second-order valence-corrected chi connectivity index (χ2v) is 6.55. The van der Waals surface area contributed by atoms with Gasteiger partial charge in [0.2, 0.25) is 0 Å². The lowest BCUT2D eigenvalue weighted by molar-refractivity contribution is 0.0628. The van der Waals surface area contributed by atoms with Gasteiger partial charge in [-0.25, -0.2) is 0 Å². The van der Waals surface area contributed by atoms with Crippen molar-refractivity contribution in [3.8, 4) is 0 Å². The molecule has 0 bridgehead atoms. The number of rotatable bonds is 2. The molecule has 1 unspecified atom stereocenters. The lowest BCUT2D eigenvalue weighted by Crippen LogP contribution is -2.43. The number of nitrogen functional groups attached to an aromatic ring is 1. The predicted octanol–water partition coefficient (Wildman–Crippen LogP) is 3.54. The molecule has 0 spiro atoms. The van der Waals surface area contributed by atoms with Gasteiger partial charge in [-0.15, -0.1) is 0 Å². The highest BCUT2D eigenvalue weighted by atomic mass is 79.9. The number of amides is 1. The Morgan fingerprint density at radius 1 is 1.39 bits per heavy atom. The van der Waals surface area contributed by atoms with Crippen molar-refractivity contribution < 1.29 is 4.79 Å². The van der Waals surface area contributed by atoms with Crippen LogP contribution >= 0.6 is 15.9 Å². The van der Waals surface area contributed by atoms with E-state index < -0.39 is 0 Å². The van der Waals surface area contributed by atoms with Gasteiger partial charge in [0, 0.05) is 23.2 Å². The van der Waals surface area contributed by atoms with Crippen LogP contribution in [0.1, 0.15) is 38.1 Å². The summed E-state index contributed by atoms with van der Waals surface area (Å²) in [5, 5.41) is 0. The number of hydrogen-bond donors (Lipinski definition) is 1. The van der Waals surface area contributed by atoms with E-state index in [1.54, 1.807) is 23.1 Å². The van der Waals surface area contributed by atoms with Crippen LogP contribution in [0.15, 0.2) is 22.7 Å². The molecule has 0 aliphatic rings. The van der Waals surface area contributed by atoms with E-state index in [9.17, 15) is 4.79 Å². The quantitative estimate of drug-likeness (QED) is 0.849. The number of anilines is 1. The number of halogens is 1. The van der Waals surface area contributed by atoms with Crippen molar-refractivity contribution in [2.24, 2.45) is 5.41 Å². The summed E-state index contributed by atoms with van der Waals surface area (Å²) in [4.78, 5) is 14.2. The molecular weight excluding hydrogens is 292 g/mol. The maximum atomic E-state index is 12.4. The van der Waals surface area contributed by atoms with Gasteiger partial charge in [0.25, 0.3) is 5.91 Å². The number of nitrogens with zero attached hydrogens (tertiary/aromatic N) is 1. The van der Waals surface area contributed by atoms with Gasteiger partial charge in [0.1, 0.15) is 0 Å². The molecule has 0 aliphatic carbocycles. The summed E-state index contributed by atoms with van der Waals surface area (Å²) in [6, 6.07) is 5.42. The van der Waals surface area contributed by atoms with Crippen molar-refractivity contribution in [3.05, 3.63) is 28.2 Å². The minimum atomic E-state index is -0.0170. The van der Waals surface area contributed by atoms with Gasteiger partial charge in [-0.3, -0.25) is 4.79 Å². The van der Waals surface area contributed by atoms with Gasteiger partial charge < -0.3 is 10.6 Å². The molecule has 0 radical (unpaired) electrons. The highest BCUT2D eigenvalue weighted by Crippen LogP contribution is 2.26. The number of benzene rings is 1. The first-order valence-electron chi connectivity index (χ1n) is 5.96. The zero-order valence-electron chi connectivity index (χ0n) is 11.6. The number of carbonyl (C=O) groups is 1. The maximum absolute atomic E-state index is 12.4. The molecule has 3 nitrogen and oxygen atoms in total. The fraction of sp³-hybridized carbons (Fsp3) is 0.500. The van der Waals surface area contributed by atoms with Crippen molar-refractivity contribution in [1.82, 2.24) is 4.90 Å². The second kappa shape index (κ2) is 5.31. The first-order chi connectivity index (χ1) is 8.14. The summed E-state index contributed by atoms with van der Waals surface area (Å²) in [7, 11) is 1.83. The number of nitrogens with two attached hydrogens (primary N) is 1. The Kier molecular flexibility index (Phi) is 4.43. The van der Waals surface area contributed by atoms with Crippen molar-refractivity contribution in [3.63, 3.8) is 0 Å². The van der Waals surface area contributed by atoms with Gasteiger partial charge in [-0.2, -0.15) is 0 Å². The molecule has 1 atom stereocenters. The molecule has 18 heavy (non-hydrogen) atoms. The standard InChI is InChI=1S/C14H21BrN2O/c1-9(14(2,3)4)17(5)13(18)11-8-10(16)6-7-12(11)15/h6-9H,16H2,1-5H3. The van der Waals surface area contributed by atoms with Crippen LogP contribution in [-0.4, -0.2) is 23.9 Å². The molecule has 4 heteroatoms. The number of carbonyl (C=O) groups excluding carboxylic acids is 1. The molecule has 1 aromatic rings. The average molecular weight is 313 g/mol. The van der Waals surface area contributed by atoms with Crippen molar-refractivity contribution >= 4 is 27.5 Å². The first kappa shape index (κ1) is 15.0. The molecular formula is C14H21BrN2O. The molecule has 1 amide bonds. The Hall–Kier alpha value is -1.03. The first-order valence-corrected chi connectivity index (χ1v) is 6.76. The third kappa shape index (κ3) is 3.25. The fourth-order valence-electron chi connectivity index (χ4n) is 1.65. The molecule has 1 aromatic carbocycles. The maximum Gasteiger partial charge on any atom is 0.255 e. The average Bonchev–Trinajstić information content (AvgIpc) is 2.28. The van der Waals surface area contributed by atoms with Crippen LogP contribution in [0.4, 0.5) is 5.69 Å². The van der Waals surface area contributed by atoms with Gasteiger partial charge in [-0.1, -0.05) is 20.8 Å². The van der Waals surface area contributed by atoms with Gasteiger partial charge in [-0.05, 0) is 46.5 Å². The van der Waals surface area contributed by atoms with Gasteiger partial charge in [0.05, 0.1) is 5.56 Å².